The van der Waals surface area contributed by atoms with Crippen LogP contribution in [0.1, 0.15) is 29.4 Å². The van der Waals surface area contributed by atoms with E-state index in [0.717, 1.165) is 24.1 Å². The number of rotatable bonds is 0. The van der Waals surface area contributed by atoms with Gasteiger partial charge in [0.15, 0.2) is 0 Å². The summed E-state index contributed by atoms with van der Waals surface area (Å²) in [6.07, 6.45) is 4.85. The fourth-order valence-corrected chi connectivity index (χ4v) is 3.17. The van der Waals surface area contributed by atoms with Crippen molar-refractivity contribution in [1.82, 2.24) is 15.3 Å². The molecule has 2 heterocycles. The largest absolute Gasteiger partial charge is 0.394 e. The summed E-state index contributed by atoms with van der Waals surface area (Å²) >= 11 is 0. The summed E-state index contributed by atoms with van der Waals surface area (Å²) < 4.78 is 31.6. The fourth-order valence-electron chi connectivity index (χ4n) is 3.17. The molecule has 1 aliphatic carbocycles. The zero-order chi connectivity index (χ0) is 15.0. The van der Waals surface area contributed by atoms with Crippen LogP contribution in [0.15, 0.2) is 24.5 Å². The third kappa shape index (κ3) is 3.18. The number of nitrogens with zero attached hydrogens (tertiary/aromatic N) is 2. The van der Waals surface area contributed by atoms with Crippen LogP contribution in [0, 0.1) is 0 Å². The summed E-state index contributed by atoms with van der Waals surface area (Å²) in [7, 11) is -4.67. The molecule has 1 aromatic carbocycles. The topological polar surface area (TPSA) is 112 Å². The minimum atomic E-state index is -4.67. The van der Waals surface area contributed by atoms with Gasteiger partial charge in [-0.15, -0.1) is 0 Å². The molecule has 2 aromatic rings. The quantitative estimate of drug-likeness (QED) is 0.626. The van der Waals surface area contributed by atoms with Crippen molar-refractivity contribution in [1.29, 1.82) is 0 Å². The molecule has 112 valence electrons. The Morgan fingerprint density at radius 1 is 1.00 bits per heavy atom. The third-order valence-corrected chi connectivity index (χ3v) is 3.90. The van der Waals surface area contributed by atoms with Gasteiger partial charge in [-0.1, -0.05) is 0 Å². The van der Waals surface area contributed by atoms with Crippen LogP contribution < -0.4 is 5.32 Å². The second-order valence-corrected chi connectivity index (χ2v) is 6.16. The van der Waals surface area contributed by atoms with E-state index in [2.05, 4.69) is 27.4 Å². The monoisotopic (exact) mass is 309 g/mol. The highest BCUT2D eigenvalue weighted by Gasteiger charge is 2.34. The highest BCUT2D eigenvalue weighted by atomic mass is 32.3. The Morgan fingerprint density at radius 2 is 1.43 bits per heavy atom. The van der Waals surface area contributed by atoms with E-state index in [1.165, 1.54) is 17.5 Å². The number of piperidine rings is 1. The minimum absolute atomic E-state index is 0.695. The average Bonchev–Trinajstić information content (AvgIpc) is 2.66. The molecule has 1 aromatic heterocycles. The van der Waals surface area contributed by atoms with Crippen LogP contribution >= 0.6 is 0 Å². The second kappa shape index (κ2) is 5.30. The van der Waals surface area contributed by atoms with Crippen LogP contribution in [0.3, 0.4) is 0 Å². The summed E-state index contributed by atoms with van der Waals surface area (Å²) in [6.45, 7) is 2.24. The Kier molecular flexibility index (Phi) is 3.62. The molecule has 0 saturated carbocycles. The van der Waals surface area contributed by atoms with E-state index in [9.17, 15) is 0 Å². The van der Waals surface area contributed by atoms with Crippen molar-refractivity contribution >= 4 is 21.4 Å². The molecule has 0 unspecified atom stereocenters. The van der Waals surface area contributed by atoms with E-state index in [1.54, 1.807) is 12.4 Å². The maximum Gasteiger partial charge on any atom is 0.394 e. The van der Waals surface area contributed by atoms with E-state index in [1.807, 2.05) is 0 Å². The maximum absolute atomic E-state index is 8.74. The van der Waals surface area contributed by atoms with Gasteiger partial charge in [0.2, 0.25) is 0 Å². The molecule has 4 rings (SSSR count). The lowest BCUT2D eigenvalue weighted by Gasteiger charge is -2.19. The summed E-state index contributed by atoms with van der Waals surface area (Å²) in [5.41, 5.74) is 5.08. The summed E-state index contributed by atoms with van der Waals surface area (Å²) in [6, 6.07) is 4.49. The average molecular weight is 309 g/mol. The van der Waals surface area contributed by atoms with Crippen molar-refractivity contribution in [2.75, 3.05) is 13.1 Å². The van der Waals surface area contributed by atoms with Gasteiger partial charge in [0.1, 0.15) is 0 Å². The third-order valence-electron chi connectivity index (χ3n) is 3.90. The smallest absolute Gasteiger partial charge is 0.316 e. The van der Waals surface area contributed by atoms with Gasteiger partial charge in [0.25, 0.3) is 0 Å². The second-order valence-electron chi connectivity index (χ2n) is 5.26. The Labute approximate surface area is 122 Å². The standard InChI is InChI=1S/C13H13N3.H2O4S/c1-2-16-13-5-11-9-3-8(6-14-7-9)10(11)4-12(13)15-1;1-5(2,3)4/h1-2,4-5,8-9,14H,3,6-7H2;(H2,1,2,3,4)/t8-,9+;. The number of fused-ring (bicyclic) bond motifs is 6. The predicted molar refractivity (Wildman–Crippen MR) is 76.7 cm³/mol. The van der Waals surface area contributed by atoms with E-state index < -0.39 is 10.4 Å². The molecule has 2 bridgehead atoms. The molecule has 1 fully saturated rings. The van der Waals surface area contributed by atoms with Crippen molar-refractivity contribution in [3.63, 3.8) is 0 Å². The van der Waals surface area contributed by atoms with Gasteiger partial charge in [-0.3, -0.25) is 19.1 Å². The maximum atomic E-state index is 8.74. The molecular weight excluding hydrogens is 294 g/mol. The zero-order valence-electron chi connectivity index (χ0n) is 11.1. The van der Waals surface area contributed by atoms with Crippen molar-refractivity contribution in [2.24, 2.45) is 0 Å². The predicted octanol–water partition coefficient (Wildman–Crippen LogP) is 1.15. The molecule has 21 heavy (non-hydrogen) atoms. The number of hydrogen-bond donors (Lipinski definition) is 3. The fraction of sp³-hybridized carbons (Fsp3) is 0.385. The van der Waals surface area contributed by atoms with E-state index in [4.69, 9.17) is 17.5 Å². The van der Waals surface area contributed by atoms with Crippen LogP contribution in [0.2, 0.25) is 0 Å². The number of benzene rings is 1. The lowest BCUT2D eigenvalue weighted by molar-refractivity contribution is 0.381. The molecule has 0 spiro atoms. The number of aromatic nitrogens is 2. The first-order valence-corrected chi connectivity index (χ1v) is 7.96. The van der Waals surface area contributed by atoms with Gasteiger partial charge in [-0.05, 0) is 41.5 Å². The van der Waals surface area contributed by atoms with Crippen molar-refractivity contribution in [2.45, 2.75) is 18.3 Å². The van der Waals surface area contributed by atoms with E-state index in [-0.39, 0.29) is 0 Å². The highest BCUT2D eigenvalue weighted by molar-refractivity contribution is 7.79. The first-order chi connectivity index (χ1) is 9.92. The molecule has 3 N–H and O–H groups in total. The number of nitrogens with one attached hydrogen (secondary N) is 1. The molecule has 0 radical (unpaired) electrons. The van der Waals surface area contributed by atoms with Crippen molar-refractivity contribution in [3.05, 3.63) is 35.7 Å². The summed E-state index contributed by atoms with van der Waals surface area (Å²) in [5.74, 6) is 1.39. The molecule has 7 nitrogen and oxygen atoms in total. The minimum Gasteiger partial charge on any atom is -0.316 e. The van der Waals surface area contributed by atoms with E-state index >= 15 is 0 Å². The molecule has 1 aliphatic heterocycles. The Bertz CT molecular complexity index is 722. The van der Waals surface area contributed by atoms with Crippen LogP contribution in [-0.4, -0.2) is 40.6 Å². The van der Waals surface area contributed by atoms with Gasteiger partial charge in [0, 0.05) is 25.5 Å². The van der Waals surface area contributed by atoms with Crippen LogP contribution in [-0.2, 0) is 10.4 Å². The van der Waals surface area contributed by atoms with Gasteiger partial charge >= 0.3 is 10.4 Å². The molecule has 2 atom stereocenters. The Hall–Kier alpha value is -1.61. The van der Waals surface area contributed by atoms with Gasteiger partial charge < -0.3 is 5.32 Å². The molecule has 1 saturated heterocycles. The first-order valence-electron chi connectivity index (χ1n) is 6.57. The van der Waals surface area contributed by atoms with E-state index in [0.29, 0.717) is 11.8 Å². The molecule has 2 aliphatic rings. The van der Waals surface area contributed by atoms with Crippen molar-refractivity contribution in [3.8, 4) is 0 Å². The lowest BCUT2D eigenvalue weighted by atomic mass is 9.98. The van der Waals surface area contributed by atoms with Crippen LogP contribution in [0.4, 0.5) is 0 Å². The molecule has 0 amide bonds. The number of hydrogen-bond acceptors (Lipinski definition) is 5. The van der Waals surface area contributed by atoms with Gasteiger partial charge in [-0.25, -0.2) is 0 Å². The van der Waals surface area contributed by atoms with Crippen LogP contribution in [0.25, 0.3) is 11.0 Å². The normalized spacial score (nSPS) is 23.3. The first kappa shape index (κ1) is 14.3. The Balaban J connectivity index is 0.000000233. The van der Waals surface area contributed by atoms with Gasteiger partial charge in [-0.2, -0.15) is 8.42 Å². The molecular formula is C13H15N3O4S. The zero-order valence-corrected chi connectivity index (χ0v) is 11.9. The lowest BCUT2D eigenvalue weighted by Crippen LogP contribution is -2.28. The molecule has 8 heteroatoms. The van der Waals surface area contributed by atoms with Crippen molar-refractivity contribution < 1.29 is 17.5 Å². The summed E-state index contributed by atoms with van der Waals surface area (Å²) in [4.78, 5) is 8.78. The van der Waals surface area contributed by atoms with Crippen LogP contribution in [0.5, 0.6) is 0 Å². The van der Waals surface area contributed by atoms with Gasteiger partial charge in [0.05, 0.1) is 11.0 Å². The SMILES string of the molecule is O=S(=O)(O)O.c1cnc2cc3c(cc2n1)[C@@H]1CNC[C@H]3C1. The Morgan fingerprint density at radius 3 is 1.86 bits per heavy atom. The summed E-state index contributed by atoms with van der Waals surface area (Å²) in [5, 5.41) is 3.51. The highest BCUT2D eigenvalue weighted by Crippen LogP contribution is 2.44.